The van der Waals surface area contributed by atoms with Crippen molar-refractivity contribution in [1.82, 2.24) is 10.6 Å². The number of hydrogen-bond donors (Lipinski definition) is 3. The molecule has 0 spiro atoms. The fourth-order valence-electron chi connectivity index (χ4n) is 1.46. The molecule has 6 heteroatoms. The topological polar surface area (TPSA) is 91.6 Å². The van der Waals surface area contributed by atoms with Crippen molar-refractivity contribution >= 4 is 12.0 Å². The van der Waals surface area contributed by atoms with E-state index in [9.17, 15) is 9.59 Å². The highest BCUT2D eigenvalue weighted by Crippen LogP contribution is 2.02. The van der Waals surface area contributed by atoms with Crippen molar-refractivity contribution in [3.63, 3.8) is 0 Å². The second-order valence-corrected chi connectivity index (χ2v) is 4.29. The van der Waals surface area contributed by atoms with Crippen LogP contribution < -0.4 is 10.6 Å². The van der Waals surface area contributed by atoms with Gasteiger partial charge in [0.05, 0.1) is 6.26 Å². The van der Waals surface area contributed by atoms with E-state index in [1.807, 2.05) is 6.07 Å². The van der Waals surface area contributed by atoms with Crippen LogP contribution in [-0.2, 0) is 11.2 Å². The molecule has 6 nitrogen and oxygen atoms in total. The van der Waals surface area contributed by atoms with Crippen LogP contribution in [0.25, 0.3) is 0 Å². The first-order valence-electron chi connectivity index (χ1n) is 5.80. The number of carboxylic acid groups (broad SMARTS) is 1. The van der Waals surface area contributed by atoms with Crippen molar-refractivity contribution in [2.75, 3.05) is 6.54 Å². The maximum Gasteiger partial charge on any atom is 0.326 e. The van der Waals surface area contributed by atoms with Crippen LogP contribution >= 0.6 is 0 Å². The van der Waals surface area contributed by atoms with Crippen LogP contribution in [0.2, 0.25) is 0 Å². The molecule has 0 aliphatic carbocycles. The zero-order valence-electron chi connectivity index (χ0n) is 10.5. The smallest absolute Gasteiger partial charge is 0.326 e. The zero-order chi connectivity index (χ0) is 13.5. The van der Waals surface area contributed by atoms with Crippen molar-refractivity contribution in [1.29, 1.82) is 0 Å². The third-order valence-electron chi connectivity index (χ3n) is 2.46. The van der Waals surface area contributed by atoms with Crippen LogP contribution in [0.15, 0.2) is 22.8 Å². The molecule has 1 aromatic heterocycles. The third-order valence-corrected chi connectivity index (χ3v) is 2.46. The largest absolute Gasteiger partial charge is 0.480 e. The predicted molar refractivity (Wildman–Crippen MR) is 65.2 cm³/mol. The molecular weight excluding hydrogens is 236 g/mol. The maximum absolute atomic E-state index is 11.5. The molecule has 18 heavy (non-hydrogen) atoms. The normalized spacial score (nSPS) is 12.2. The lowest BCUT2D eigenvalue weighted by Gasteiger charge is -2.18. The molecule has 0 bridgehead atoms. The van der Waals surface area contributed by atoms with E-state index >= 15 is 0 Å². The molecule has 100 valence electrons. The molecule has 0 aliphatic heterocycles. The molecular formula is C12H18N2O4. The fourth-order valence-corrected chi connectivity index (χ4v) is 1.46. The van der Waals surface area contributed by atoms with E-state index in [1.54, 1.807) is 26.2 Å². The number of amides is 2. The molecule has 0 aliphatic rings. The van der Waals surface area contributed by atoms with Gasteiger partial charge in [0.15, 0.2) is 0 Å². The van der Waals surface area contributed by atoms with Crippen LogP contribution in [0.3, 0.4) is 0 Å². The van der Waals surface area contributed by atoms with Gasteiger partial charge < -0.3 is 20.2 Å². The van der Waals surface area contributed by atoms with Gasteiger partial charge in [-0.05, 0) is 18.1 Å². The monoisotopic (exact) mass is 254 g/mol. The van der Waals surface area contributed by atoms with Crippen LogP contribution in [0.1, 0.15) is 19.6 Å². The number of nitrogens with one attached hydrogen (secondary N) is 2. The summed E-state index contributed by atoms with van der Waals surface area (Å²) >= 11 is 0. The summed E-state index contributed by atoms with van der Waals surface area (Å²) in [5, 5.41) is 13.9. The minimum Gasteiger partial charge on any atom is -0.480 e. The number of carbonyl (C=O) groups excluding carboxylic acids is 1. The lowest BCUT2D eigenvalue weighted by Crippen LogP contribution is -2.48. The SMILES string of the molecule is CC(C)[C@@H](NC(=O)NCCc1ccco1)C(=O)O. The van der Waals surface area contributed by atoms with Gasteiger partial charge in [-0.25, -0.2) is 9.59 Å². The zero-order valence-corrected chi connectivity index (χ0v) is 10.5. The summed E-state index contributed by atoms with van der Waals surface area (Å²) in [5.74, 6) is -0.432. The van der Waals surface area contributed by atoms with Gasteiger partial charge in [-0.3, -0.25) is 0 Å². The Hall–Kier alpha value is -1.98. The lowest BCUT2D eigenvalue weighted by molar-refractivity contribution is -0.140. The quantitative estimate of drug-likeness (QED) is 0.712. The van der Waals surface area contributed by atoms with Gasteiger partial charge in [0.25, 0.3) is 0 Å². The highest BCUT2D eigenvalue weighted by atomic mass is 16.4. The summed E-state index contributed by atoms with van der Waals surface area (Å²) in [4.78, 5) is 22.4. The average molecular weight is 254 g/mol. The van der Waals surface area contributed by atoms with Crippen molar-refractivity contribution in [2.45, 2.75) is 26.3 Å². The Morgan fingerprint density at radius 3 is 2.67 bits per heavy atom. The Balaban J connectivity index is 2.30. The number of rotatable bonds is 6. The minimum atomic E-state index is -1.04. The van der Waals surface area contributed by atoms with Crippen molar-refractivity contribution in [3.05, 3.63) is 24.2 Å². The Morgan fingerprint density at radius 2 is 2.17 bits per heavy atom. The Labute approximate surface area is 105 Å². The van der Waals surface area contributed by atoms with E-state index in [1.165, 1.54) is 0 Å². The van der Waals surface area contributed by atoms with Crippen LogP contribution in [0, 0.1) is 5.92 Å². The van der Waals surface area contributed by atoms with Gasteiger partial charge in [-0.2, -0.15) is 0 Å². The highest BCUT2D eigenvalue weighted by Gasteiger charge is 2.22. The van der Waals surface area contributed by atoms with E-state index in [2.05, 4.69) is 10.6 Å². The number of furan rings is 1. The number of aliphatic carboxylic acids is 1. The van der Waals surface area contributed by atoms with Gasteiger partial charge in [0.2, 0.25) is 0 Å². The van der Waals surface area contributed by atoms with Gasteiger partial charge in [0.1, 0.15) is 11.8 Å². The Morgan fingerprint density at radius 1 is 1.44 bits per heavy atom. The number of hydrogen-bond acceptors (Lipinski definition) is 3. The molecule has 0 aromatic carbocycles. The molecule has 1 heterocycles. The highest BCUT2D eigenvalue weighted by molar-refractivity contribution is 5.82. The van der Waals surface area contributed by atoms with Crippen LogP contribution in [0.5, 0.6) is 0 Å². The summed E-state index contributed by atoms with van der Waals surface area (Å²) in [6.07, 6.45) is 2.13. The molecule has 0 saturated heterocycles. The van der Waals surface area contributed by atoms with Gasteiger partial charge in [-0.15, -0.1) is 0 Å². The number of carboxylic acids is 1. The number of carbonyl (C=O) groups is 2. The molecule has 1 atom stereocenters. The fraction of sp³-hybridized carbons (Fsp3) is 0.500. The summed E-state index contributed by atoms with van der Waals surface area (Å²) in [5.41, 5.74) is 0. The van der Waals surface area contributed by atoms with E-state index in [-0.39, 0.29) is 5.92 Å². The molecule has 3 N–H and O–H groups in total. The van der Waals surface area contributed by atoms with Gasteiger partial charge in [0, 0.05) is 13.0 Å². The second-order valence-electron chi connectivity index (χ2n) is 4.29. The third kappa shape index (κ3) is 4.48. The van der Waals surface area contributed by atoms with E-state index in [4.69, 9.17) is 9.52 Å². The summed E-state index contributed by atoms with van der Waals surface area (Å²) in [7, 11) is 0. The summed E-state index contributed by atoms with van der Waals surface area (Å²) in [6, 6.07) is 2.22. The minimum absolute atomic E-state index is 0.168. The molecule has 0 radical (unpaired) electrons. The van der Waals surface area contributed by atoms with Gasteiger partial charge >= 0.3 is 12.0 Å². The van der Waals surface area contributed by atoms with Crippen molar-refractivity contribution in [2.24, 2.45) is 5.92 Å². The first-order chi connectivity index (χ1) is 8.50. The van der Waals surface area contributed by atoms with E-state index in [0.29, 0.717) is 13.0 Å². The predicted octanol–water partition coefficient (Wildman–Crippen LogP) is 1.23. The first kappa shape index (κ1) is 14.1. The molecule has 1 rings (SSSR count). The van der Waals surface area contributed by atoms with Gasteiger partial charge in [-0.1, -0.05) is 13.8 Å². The van der Waals surface area contributed by atoms with E-state index in [0.717, 1.165) is 5.76 Å². The first-order valence-corrected chi connectivity index (χ1v) is 5.80. The second kappa shape index (κ2) is 6.68. The Kier molecular flexibility index (Phi) is 5.23. The number of urea groups is 1. The maximum atomic E-state index is 11.5. The Bertz CT molecular complexity index is 387. The molecule has 0 fully saturated rings. The standard InChI is InChI=1S/C12H18N2O4/c1-8(2)10(11(15)16)14-12(17)13-6-5-9-4-3-7-18-9/h3-4,7-8,10H,5-6H2,1-2H3,(H,15,16)(H2,13,14,17)/t10-/m1/s1. The molecule has 0 unspecified atom stereocenters. The average Bonchev–Trinajstić information content (AvgIpc) is 2.78. The van der Waals surface area contributed by atoms with Crippen molar-refractivity contribution in [3.8, 4) is 0 Å². The summed E-state index contributed by atoms with van der Waals surface area (Å²) < 4.78 is 5.11. The van der Waals surface area contributed by atoms with Crippen LogP contribution in [0.4, 0.5) is 4.79 Å². The molecule has 0 saturated carbocycles. The van der Waals surface area contributed by atoms with E-state index < -0.39 is 18.0 Å². The lowest BCUT2D eigenvalue weighted by atomic mass is 10.1. The van der Waals surface area contributed by atoms with Crippen molar-refractivity contribution < 1.29 is 19.1 Å². The summed E-state index contributed by atoms with van der Waals surface area (Å²) in [6.45, 7) is 3.87. The van der Waals surface area contributed by atoms with Crippen LogP contribution in [-0.4, -0.2) is 29.7 Å². The molecule has 1 aromatic rings. The molecule has 2 amide bonds.